The van der Waals surface area contributed by atoms with Crippen molar-refractivity contribution in [1.29, 1.82) is 5.26 Å². The van der Waals surface area contributed by atoms with Crippen molar-refractivity contribution in [2.45, 2.75) is 18.4 Å². The largest absolute Gasteiger partial charge is 0.394 e. The third-order valence-electron chi connectivity index (χ3n) is 2.82. The fourth-order valence-corrected chi connectivity index (χ4v) is 1.89. The van der Waals surface area contributed by atoms with Crippen LogP contribution in [0.25, 0.3) is 0 Å². The lowest BCUT2D eigenvalue weighted by atomic mass is 10.0. The highest BCUT2D eigenvalue weighted by Gasteiger charge is 2.45. The SMILES string of the molecule is N#C[C@@H]1[C@@H](O)[C@H](CO)O[C@@H]1n1ccc(N)nc1=O. The fourth-order valence-electron chi connectivity index (χ4n) is 1.89. The molecule has 0 aromatic carbocycles. The van der Waals surface area contributed by atoms with Crippen molar-refractivity contribution in [2.24, 2.45) is 5.92 Å². The molecule has 1 aliphatic heterocycles. The van der Waals surface area contributed by atoms with E-state index in [1.807, 2.05) is 6.07 Å². The Morgan fingerprint density at radius 2 is 2.39 bits per heavy atom. The van der Waals surface area contributed by atoms with Crippen LogP contribution in [0.2, 0.25) is 0 Å². The second kappa shape index (κ2) is 4.73. The lowest BCUT2D eigenvalue weighted by Gasteiger charge is -2.16. The summed E-state index contributed by atoms with van der Waals surface area (Å²) in [5.41, 5.74) is 4.68. The zero-order valence-corrected chi connectivity index (χ0v) is 9.30. The van der Waals surface area contributed by atoms with Gasteiger partial charge < -0.3 is 20.7 Å². The van der Waals surface area contributed by atoms with Crippen molar-refractivity contribution in [2.75, 3.05) is 12.3 Å². The second-order valence-electron chi connectivity index (χ2n) is 3.94. The summed E-state index contributed by atoms with van der Waals surface area (Å²) in [5, 5.41) is 27.8. The maximum Gasteiger partial charge on any atom is 0.351 e. The summed E-state index contributed by atoms with van der Waals surface area (Å²) in [6, 6.07) is 3.25. The van der Waals surface area contributed by atoms with E-state index in [2.05, 4.69) is 4.98 Å². The van der Waals surface area contributed by atoms with Gasteiger partial charge in [-0.2, -0.15) is 10.2 Å². The van der Waals surface area contributed by atoms with E-state index in [0.29, 0.717) is 0 Å². The van der Waals surface area contributed by atoms with E-state index in [4.69, 9.17) is 20.8 Å². The van der Waals surface area contributed by atoms with Gasteiger partial charge in [0.05, 0.1) is 12.7 Å². The average molecular weight is 252 g/mol. The fraction of sp³-hybridized carbons (Fsp3) is 0.500. The van der Waals surface area contributed by atoms with Crippen molar-refractivity contribution in [3.05, 3.63) is 22.7 Å². The molecule has 96 valence electrons. The van der Waals surface area contributed by atoms with E-state index < -0.39 is 36.7 Å². The number of hydrogen-bond acceptors (Lipinski definition) is 7. The molecular formula is C10H12N4O4. The zero-order valence-electron chi connectivity index (χ0n) is 9.30. The predicted octanol–water partition coefficient (Wildman–Crippen LogP) is -1.78. The number of aliphatic hydroxyl groups is 2. The lowest BCUT2D eigenvalue weighted by Crippen LogP contribution is -2.31. The predicted molar refractivity (Wildman–Crippen MR) is 59.0 cm³/mol. The molecule has 8 heteroatoms. The molecule has 1 fully saturated rings. The molecule has 1 saturated heterocycles. The highest BCUT2D eigenvalue weighted by molar-refractivity contribution is 5.23. The molecule has 1 aromatic heterocycles. The molecule has 0 amide bonds. The molecular weight excluding hydrogens is 240 g/mol. The quantitative estimate of drug-likeness (QED) is 0.566. The van der Waals surface area contributed by atoms with Crippen molar-refractivity contribution in [3.8, 4) is 6.07 Å². The van der Waals surface area contributed by atoms with E-state index in [1.165, 1.54) is 12.3 Å². The van der Waals surface area contributed by atoms with Gasteiger partial charge in [0, 0.05) is 6.20 Å². The van der Waals surface area contributed by atoms with Gasteiger partial charge in [-0.05, 0) is 6.07 Å². The van der Waals surface area contributed by atoms with Crippen LogP contribution in [0.3, 0.4) is 0 Å². The highest BCUT2D eigenvalue weighted by atomic mass is 16.5. The Hall–Kier alpha value is -1.95. The monoisotopic (exact) mass is 252 g/mol. The van der Waals surface area contributed by atoms with Crippen molar-refractivity contribution in [1.82, 2.24) is 9.55 Å². The summed E-state index contributed by atoms with van der Waals surface area (Å²) in [6.45, 7) is -0.438. The first-order valence-corrected chi connectivity index (χ1v) is 5.27. The number of nitrogens with zero attached hydrogens (tertiary/aromatic N) is 3. The molecule has 18 heavy (non-hydrogen) atoms. The van der Waals surface area contributed by atoms with Gasteiger partial charge in [0.2, 0.25) is 0 Å². The van der Waals surface area contributed by atoms with Gasteiger partial charge in [-0.25, -0.2) is 4.79 Å². The number of nitrogen functional groups attached to an aromatic ring is 1. The standard InChI is InChI=1S/C10H12N4O4/c11-3-5-8(16)6(4-15)18-9(5)14-2-1-7(12)13-10(14)17/h1-2,5-6,8-9,15-16H,4H2,(H2,12,13,17)/t5-,6+,8-,9+/m1/s1. The van der Waals surface area contributed by atoms with Crippen LogP contribution in [-0.2, 0) is 4.74 Å². The number of aromatic nitrogens is 2. The van der Waals surface area contributed by atoms with Crippen LogP contribution in [0.5, 0.6) is 0 Å². The van der Waals surface area contributed by atoms with E-state index in [1.54, 1.807) is 0 Å². The van der Waals surface area contributed by atoms with Crippen molar-refractivity contribution >= 4 is 5.82 Å². The van der Waals surface area contributed by atoms with E-state index in [-0.39, 0.29) is 5.82 Å². The number of ether oxygens (including phenoxy) is 1. The summed E-state index contributed by atoms with van der Waals surface area (Å²) < 4.78 is 6.37. The first-order valence-electron chi connectivity index (χ1n) is 5.27. The van der Waals surface area contributed by atoms with E-state index >= 15 is 0 Å². The van der Waals surface area contributed by atoms with Gasteiger partial charge >= 0.3 is 5.69 Å². The topological polar surface area (TPSA) is 134 Å². The van der Waals surface area contributed by atoms with Gasteiger partial charge in [-0.15, -0.1) is 0 Å². The van der Waals surface area contributed by atoms with Gasteiger partial charge in [-0.3, -0.25) is 4.57 Å². The Labute approximate surface area is 102 Å². The van der Waals surface area contributed by atoms with Crippen LogP contribution in [0.15, 0.2) is 17.1 Å². The minimum atomic E-state index is -1.16. The van der Waals surface area contributed by atoms with Crippen LogP contribution < -0.4 is 11.4 Å². The van der Waals surface area contributed by atoms with Crippen LogP contribution in [0.4, 0.5) is 5.82 Å². The van der Waals surface area contributed by atoms with E-state index in [0.717, 1.165) is 4.57 Å². The molecule has 0 aliphatic carbocycles. The molecule has 4 atom stereocenters. The number of anilines is 1. The highest BCUT2D eigenvalue weighted by Crippen LogP contribution is 2.33. The average Bonchev–Trinajstić information content (AvgIpc) is 2.65. The molecule has 2 heterocycles. The van der Waals surface area contributed by atoms with Gasteiger partial charge in [-0.1, -0.05) is 0 Å². The molecule has 0 bridgehead atoms. The number of rotatable bonds is 2. The van der Waals surface area contributed by atoms with E-state index in [9.17, 15) is 9.90 Å². The molecule has 0 spiro atoms. The Kier molecular flexibility index (Phi) is 3.29. The maximum atomic E-state index is 11.6. The number of aliphatic hydroxyl groups excluding tert-OH is 2. The molecule has 2 rings (SSSR count). The van der Waals surface area contributed by atoms with Crippen LogP contribution in [0, 0.1) is 17.2 Å². The van der Waals surface area contributed by atoms with Crippen molar-refractivity contribution in [3.63, 3.8) is 0 Å². The van der Waals surface area contributed by atoms with Crippen molar-refractivity contribution < 1.29 is 14.9 Å². The van der Waals surface area contributed by atoms with Gasteiger partial charge in [0.25, 0.3) is 0 Å². The van der Waals surface area contributed by atoms with Gasteiger partial charge in [0.15, 0.2) is 6.23 Å². The maximum absolute atomic E-state index is 11.6. The smallest absolute Gasteiger partial charge is 0.351 e. The van der Waals surface area contributed by atoms with Crippen LogP contribution >= 0.6 is 0 Å². The Bertz CT molecular complexity index is 537. The summed E-state index contributed by atoms with van der Waals surface area (Å²) in [6.07, 6.45) is -1.70. The molecule has 8 nitrogen and oxygen atoms in total. The number of hydrogen-bond donors (Lipinski definition) is 3. The molecule has 0 unspecified atom stereocenters. The summed E-state index contributed by atoms with van der Waals surface area (Å²) in [4.78, 5) is 15.1. The molecule has 1 aromatic rings. The second-order valence-corrected chi connectivity index (χ2v) is 3.94. The number of nitriles is 1. The Morgan fingerprint density at radius 3 is 2.94 bits per heavy atom. The Balaban J connectivity index is 2.39. The third-order valence-corrected chi connectivity index (χ3v) is 2.82. The molecule has 4 N–H and O–H groups in total. The van der Waals surface area contributed by atoms with Gasteiger partial charge in [0.1, 0.15) is 23.9 Å². The first kappa shape index (κ1) is 12.5. The van der Waals surface area contributed by atoms with Crippen LogP contribution in [0.1, 0.15) is 6.23 Å². The normalized spacial score (nSPS) is 31.2. The zero-order chi connectivity index (χ0) is 13.3. The first-order chi connectivity index (χ1) is 8.58. The van der Waals surface area contributed by atoms with Crippen LogP contribution in [-0.4, -0.2) is 38.6 Å². The minimum Gasteiger partial charge on any atom is -0.394 e. The number of nitrogens with two attached hydrogens (primary N) is 1. The molecule has 1 aliphatic rings. The molecule has 0 saturated carbocycles. The summed E-state index contributed by atoms with van der Waals surface area (Å²) >= 11 is 0. The third kappa shape index (κ3) is 1.95. The summed E-state index contributed by atoms with van der Waals surface area (Å²) in [7, 11) is 0. The summed E-state index contributed by atoms with van der Waals surface area (Å²) in [5.74, 6) is -0.896. The molecule has 0 radical (unpaired) electrons. The minimum absolute atomic E-state index is 0.0574. The lowest BCUT2D eigenvalue weighted by molar-refractivity contribution is -0.0469. The Morgan fingerprint density at radius 1 is 1.67 bits per heavy atom.